The van der Waals surface area contributed by atoms with Gasteiger partial charge < -0.3 is 10.6 Å². The number of rotatable bonds is 8. The van der Waals surface area contributed by atoms with Crippen molar-refractivity contribution in [1.82, 2.24) is 15.5 Å². The fraction of sp³-hybridized carbons (Fsp3) is 0.550. The van der Waals surface area contributed by atoms with Crippen molar-refractivity contribution in [2.75, 3.05) is 11.1 Å². The molecule has 1 aromatic heterocycles. The first-order chi connectivity index (χ1) is 13.1. The number of nitrogens with one attached hydrogen (secondary N) is 2. The van der Waals surface area contributed by atoms with Crippen LogP contribution in [-0.4, -0.2) is 27.9 Å². The largest absolute Gasteiger partial charge is 0.357 e. The van der Waals surface area contributed by atoms with E-state index >= 15 is 0 Å². The zero-order chi connectivity index (χ0) is 19.1. The number of carbonyl (C=O) groups is 1. The van der Waals surface area contributed by atoms with E-state index < -0.39 is 0 Å². The molecule has 1 amide bonds. The highest BCUT2D eigenvalue weighted by molar-refractivity contribution is 8.01. The van der Waals surface area contributed by atoms with Gasteiger partial charge in [-0.15, -0.1) is 10.2 Å². The van der Waals surface area contributed by atoms with Crippen molar-refractivity contribution >= 4 is 34.1 Å². The lowest BCUT2D eigenvalue weighted by molar-refractivity contribution is -0.119. The molecule has 3 rings (SSSR count). The van der Waals surface area contributed by atoms with E-state index in [0.717, 1.165) is 21.5 Å². The van der Waals surface area contributed by atoms with E-state index in [9.17, 15) is 4.79 Å². The summed E-state index contributed by atoms with van der Waals surface area (Å²) in [4.78, 5) is 12.3. The van der Waals surface area contributed by atoms with Crippen molar-refractivity contribution in [3.8, 4) is 0 Å². The van der Waals surface area contributed by atoms with Crippen LogP contribution in [0.1, 0.15) is 63.1 Å². The smallest absolute Gasteiger partial charge is 0.230 e. The minimum atomic E-state index is 0.00181. The molecule has 1 saturated carbocycles. The number of anilines is 1. The second kappa shape index (κ2) is 10.1. The van der Waals surface area contributed by atoms with E-state index in [1.165, 1.54) is 60.8 Å². The summed E-state index contributed by atoms with van der Waals surface area (Å²) >= 11 is 2.98. The number of nitrogens with zero attached hydrogens (tertiary/aromatic N) is 2. The molecule has 1 aromatic carbocycles. The Kier molecular flexibility index (Phi) is 7.52. The summed E-state index contributed by atoms with van der Waals surface area (Å²) in [5.41, 5.74) is 2.43. The molecule has 1 unspecified atom stereocenters. The summed E-state index contributed by atoms with van der Waals surface area (Å²) < 4.78 is 0.836. The summed E-state index contributed by atoms with van der Waals surface area (Å²) in [6, 6.07) is 8.94. The molecule has 1 fully saturated rings. The first kappa shape index (κ1) is 20.1. The number of carbonyl (C=O) groups excluding carboxylic acids is 1. The van der Waals surface area contributed by atoms with Crippen LogP contribution >= 0.6 is 23.1 Å². The third-order valence-electron chi connectivity index (χ3n) is 4.93. The summed E-state index contributed by atoms with van der Waals surface area (Å²) in [6.45, 7) is 4.15. The Balaban J connectivity index is 1.43. The highest BCUT2D eigenvalue weighted by Gasteiger charge is 2.16. The van der Waals surface area contributed by atoms with Crippen LogP contribution in [0.15, 0.2) is 28.6 Å². The third-order valence-corrected chi connectivity index (χ3v) is 6.92. The molecule has 0 aliphatic heterocycles. The quantitative estimate of drug-likeness (QED) is 0.618. The van der Waals surface area contributed by atoms with Gasteiger partial charge in [0, 0.05) is 6.04 Å². The molecule has 1 aliphatic carbocycles. The van der Waals surface area contributed by atoms with Gasteiger partial charge in [0.05, 0.1) is 11.8 Å². The predicted molar refractivity (Wildman–Crippen MR) is 114 cm³/mol. The van der Waals surface area contributed by atoms with Gasteiger partial charge in [0.2, 0.25) is 11.0 Å². The molecule has 0 bridgehead atoms. The Morgan fingerprint density at radius 3 is 2.67 bits per heavy atom. The number of hydrogen-bond donors (Lipinski definition) is 2. The predicted octanol–water partition coefficient (Wildman–Crippen LogP) is 4.81. The topological polar surface area (TPSA) is 66.9 Å². The molecule has 27 heavy (non-hydrogen) atoms. The maximum absolute atomic E-state index is 12.3. The molecule has 2 N–H and O–H groups in total. The minimum absolute atomic E-state index is 0.00181. The zero-order valence-electron chi connectivity index (χ0n) is 16.0. The molecule has 1 aliphatic rings. The lowest BCUT2D eigenvalue weighted by atomic mass is 9.96. The summed E-state index contributed by atoms with van der Waals surface area (Å²) in [6.07, 6.45) is 7.36. The molecule has 0 spiro atoms. The van der Waals surface area contributed by atoms with Crippen LogP contribution in [-0.2, 0) is 11.2 Å². The van der Waals surface area contributed by atoms with E-state index in [1.807, 2.05) is 6.92 Å². The number of aryl methyl sites for hydroxylation is 1. The maximum atomic E-state index is 12.3. The van der Waals surface area contributed by atoms with Gasteiger partial charge in [0.15, 0.2) is 4.34 Å². The average Bonchev–Trinajstić information content (AvgIpc) is 3.14. The van der Waals surface area contributed by atoms with Gasteiger partial charge in [-0.05, 0) is 37.3 Å². The maximum Gasteiger partial charge on any atom is 0.230 e. The van der Waals surface area contributed by atoms with Crippen LogP contribution in [0.5, 0.6) is 0 Å². The molecule has 7 heteroatoms. The molecule has 2 aromatic rings. The van der Waals surface area contributed by atoms with Gasteiger partial charge in [-0.2, -0.15) is 0 Å². The van der Waals surface area contributed by atoms with Gasteiger partial charge in [0.1, 0.15) is 0 Å². The van der Waals surface area contributed by atoms with E-state index in [-0.39, 0.29) is 11.9 Å². The lowest BCUT2D eigenvalue weighted by Crippen LogP contribution is -2.28. The zero-order valence-corrected chi connectivity index (χ0v) is 17.7. The molecule has 0 radical (unpaired) electrons. The number of thioether (sulfide) groups is 1. The fourth-order valence-corrected chi connectivity index (χ4v) is 4.92. The monoisotopic (exact) mass is 404 g/mol. The summed E-state index contributed by atoms with van der Waals surface area (Å²) in [7, 11) is 0. The van der Waals surface area contributed by atoms with Crippen molar-refractivity contribution in [3.05, 3.63) is 35.4 Å². The van der Waals surface area contributed by atoms with Crippen LogP contribution in [0.4, 0.5) is 5.13 Å². The number of hydrogen-bond acceptors (Lipinski definition) is 6. The van der Waals surface area contributed by atoms with Gasteiger partial charge in [0.25, 0.3) is 0 Å². The van der Waals surface area contributed by atoms with Crippen molar-refractivity contribution in [3.63, 3.8) is 0 Å². The van der Waals surface area contributed by atoms with E-state index in [2.05, 4.69) is 52.0 Å². The van der Waals surface area contributed by atoms with Crippen LogP contribution in [0, 0.1) is 0 Å². The van der Waals surface area contributed by atoms with E-state index in [4.69, 9.17) is 0 Å². The highest BCUT2D eigenvalue weighted by atomic mass is 32.2. The van der Waals surface area contributed by atoms with E-state index in [1.54, 1.807) is 0 Å². The van der Waals surface area contributed by atoms with E-state index in [0.29, 0.717) is 11.8 Å². The SMILES string of the molecule is CCc1ccc(C(C)NC(=O)CSc2nnc(NC3CCCCC3)s2)cc1. The molecular formula is C20H28N4OS2. The third kappa shape index (κ3) is 6.21. The molecule has 0 saturated heterocycles. The molecule has 146 valence electrons. The van der Waals surface area contributed by atoms with Crippen molar-refractivity contribution in [2.45, 2.75) is 68.8 Å². The Morgan fingerprint density at radius 1 is 1.22 bits per heavy atom. The Bertz CT molecular complexity index is 726. The molecular weight excluding hydrogens is 376 g/mol. The fourth-order valence-electron chi connectivity index (χ4n) is 3.28. The lowest BCUT2D eigenvalue weighted by Gasteiger charge is -2.21. The van der Waals surface area contributed by atoms with Crippen LogP contribution in [0.25, 0.3) is 0 Å². The first-order valence-corrected chi connectivity index (χ1v) is 11.5. The minimum Gasteiger partial charge on any atom is -0.357 e. The van der Waals surface area contributed by atoms with Gasteiger partial charge >= 0.3 is 0 Å². The number of amides is 1. The van der Waals surface area contributed by atoms with Crippen LogP contribution < -0.4 is 10.6 Å². The van der Waals surface area contributed by atoms with Crippen LogP contribution in [0.3, 0.4) is 0 Å². The normalized spacial score (nSPS) is 16.1. The standard InChI is InChI=1S/C20H28N4OS2/c1-3-15-9-11-16(12-10-15)14(2)21-18(25)13-26-20-24-23-19(27-20)22-17-7-5-4-6-8-17/h9-12,14,17H,3-8,13H2,1-2H3,(H,21,25)(H,22,23). The molecule has 1 atom stereocenters. The second-order valence-electron chi connectivity index (χ2n) is 7.03. The van der Waals surface area contributed by atoms with Gasteiger partial charge in [-0.3, -0.25) is 4.79 Å². The van der Waals surface area contributed by atoms with Gasteiger partial charge in [-0.1, -0.05) is 73.6 Å². The summed E-state index contributed by atoms with van der Waals surface area (Å²) in [5, 5.41) is 15.8. The number of benzene rings is 1. The Labute approximate surface area is 169 Å². The summed E-state index contributed by atoms with van der Waals surface area (Å²) in [5.74, 6) is 0.374. The molecule has 5 nitrogen and oxygen atoms in total. The average molecular weight is 405 g/mol. The van der Waals surface area contributed by atoms with Crippen molar-refractivity contribution in [2.24, 2.45) is 0 Å². The second-order valence-corrected chi connectivity index (χ2v) is 9.23. The van der Waals surface area contributed by atoms with Crippen molar-refractivity contribution < 1.29 is 4.79 Å². The Hall–Kier alpha value is -1.60. The highest BCUT2D eigenvalue weighted by Crippen LogP contribution is 2.28. The van der Waals surface area contributed by atoms with Crippen molar-refractivity contribution in [1.29, 1.82) is 0 Å². The Morgan fingerprint density at radius 2 is 1.96 bits per heavy atom. The van der Waals surface area contributed by atoms with Crippen LogP contribution in [0.2, 0.25) is 0 Å². The first-order valence-electron chi connectivity index (χ1n) is 9.75. The van der Waals surface area contributed by atoms with Gasteiger partial charge in [-0.25, -0.2) is 0 Å². The number of aromatic nitrogens is 2. The molecule has 1 heterocycles.